The normalized spacial score (nSPS) is 18.2. The molecule has 0 saturated heterocycles. The van der Waals surface area contributed by atoms with Crippen molar-refractivity contribution in [1.29, 1.82) is 0 Å². The zero-order valence-corrected chi connectivity index (χ0v) is 16.8. The summed E-state index contributed by atoms with van der Waals surface area (Å²) in [5.41, 5.74) is -3.47. The van der Waals surface area contributed by atoms with Crippen LogP contribution in [0.4, 0.5) is 26.3 Å². The van der Waals surface area contributed by atoms with Crippen LogP contribution in [0.2, 0.25) is 0 Å². The highest BCUT2D eigenvalue weighted by Gasteiger charge is 2.62. The molecule has 1 amide bonds. The molecule has 172 valence electrons. The summed E-state index contributed by atoms with van der Waals surface area (Å²) in [6.07, 6.45) is -5.88. The monoisotopic (exact) mass is 466 g/mol. The van der Waals surface area contributed by atoms with Gasteiger partial charge in [0, 0.05) is 35.7 Å². The minimum absolute atomic E-state index is 0.107. The SMILES string of the molecule is O=C(NCCF)c1ccc(C2=NOC(c3cc(F)cc(F)c3)(C(F)(F)F)C2)c2ccccc12. The van der Waals surface area contributed by atoms with E-state index in [0.29, 0.717) is 29.0 Å². The molecule has 3 aromatic carbocycles. The van der Waals surface area contributed by atoms with E-state index < -0.39 is 48.0 Å². The van der Waals surface area contributed by atoms with E-state index in [9.17, 15) is 31.1 Å². The zero-order valence-electron chi connectivity index (χ0n) is 16.8. The number of nitrogens with one attached hydrogen (secondary N) is 1. The number of halogens is 6. The molecule has 0 radical (unpaired) electrons. The number of nitrogens with zero attached hydrogens (tertiary/aromatic N) is 1. The third-order valence-electron chi connectivity index (χ3n) is 5.37. The van der Waals surface area contributed by atoms with E-state index in [4.69, 9.17) is 4.84 Å². The first-order chi connectivity index (χ1) is 15.7. The fourth-order valence-corrected chi connectivity index (χ4v) is 3.84. The van der Waals surface area contributed by atoms with Gasteiger partial charge in [-0.2, -0.15) is 13.2 Å². The summed E-state index contributed by atoms with van der Waals surface area (Å²) in [5.74, 6) is -2.90. The van der Waals surface area contributed by atoms with E-state index in [1.54, 1.807) is 24.3 Å². The third kappa shape index (κ3) is 4.01. The van der Waals surface area contributed by atoms with Crippen molar-refractivity contribution in [3.63, 3.8) is 0 Å². The quantitative estimate of drug-likeness (QED) is 0.512. The van der Waals surface area contributed by atoms with Crippen LogP contribution in [0.15, 0.2) is 59.8 Å². The summed E-state index contributed by atoms with van der Waals surface area (Å²) in [6.45, 7) is -0.941. The van der Waals surface area contributed by atoms with Crippen LogP contribution in [0.25, 0.3) is 10.8 Å². The fraction of sp³-hybridized carbons (Fsp3) is 0.217. The summed E-state index contributed by atoms with van der Waals surface area (Å²) in [5, 5.41) is 6.87. The number of alkyl halides is 4. The minimum Gasteiger partial charge on any atom is -0.374 e. The van der Waals surface area contributed by atoms with Crippen molar-refractivity contribution in [2.75, 3.05) is 13.2 Å². The molecule has 0 fully saturated rings. The lowest BCUT2D eigenvalue weighted by molar-refractivity contribution is -0.276. The maximum atomic E-state index is 14.1. The summed E-state index contributed by atoms with van der Waals surface area (Å²) in [7, 11) is 0. The molecule has 1 aliphatic rings. The average Bonchev–Trinajstić information content (AvgIpc) is 3.23. The number of amides is 1. The van der Waals surface area contributed by atoms with Gasteiger partial charge in [-0.3, -0.25) is 4.79 Å². The van der Waals surface area contributed by atoms with E-state index in [0.717, 1.165) is 0 Å². The van der Waals surface area contributed by atoms with Gasteiger partial charge in [-0.15, -0.1) is 0 Å². The third-order valence-corrected chi connectivity index (χ3v) is 5.37. The van der Waals surface area contributed by atoms with Crippen LogP contribution in [-0.2, 0) is 10.4 Å². The maximum absolute atomic E-state index is 14.1. The van der Waals surface area contributed by atoms with E-state index in [1.165, 1.54) is 12.1 Å². The molecule has 33 heavy (non-hydrogen) atoms. The van der Waals surface area contributed by atoms with Crippen LogP contribution in [0.5, 0.6) is 0 Å². The number of carbonyl (C=O) groups excluding carboxylic acids is 1. The minimum atomic E-state index is -5.04. The van der Waals surface area contributed by atoms with Gasteiger partial charge in [0.15, 0.2) is 0 Å². The van der Waals surface area contributed by atoms with Gasteiger partial charge in [-0.05, 0) is 29.0 Å². The van der Waals surface area contributed by atoms with Crippen molar-refractivity contribution >= 4 is 22.4 Å². The number of hydrogen-bond acceptors (Lipinski definition) is 3. The van der Waals surface area contributed by atoms with Gasteiger partial charge in [-0.25, -0.2) is 13.2 Å². The molecule has 0 bridgehead atoms. The Kier molecular flexibility index (Phi) is 5.77. The second-order valence-electron chi connectivity index (χ2n) is 7.44. The van der Waals surface area contributed by atoms with Crippen LogP contribution in [0.1, 0.15) is 27.9 Å². The molecule has 1 unspecified atom stereocenters. The van der Waals surface area contributed by atoms with Gasteiger partial charge in [0.2, 0.25) is 0 Å². The number of hydrogen-bond donors (Lipinski definition) is 1. The lowest BCUT2D eigenvalue weighted by atomic mass is 9.85. The van der Waals surface area contributed by atoms with Gasteiger partial charge in [-0.1, -0.05) is 35.5 Å². The Hall–Kier alpha value is -3.56. The molecule has 1 heterocycles. The molecular formula is C23H16F6N2O2. The van der Waals surface area contributed by atoms with Crippen LogP contribution < -0.4 is 5.32 Å². The summed E-state index contributed by atoms with van der Waals surface area (Å²) < 4.78 is 82.2. The lowest BCUT2D eigenvalue weighted by Crippen LogP contribution is -2.42. The number of benzene rings is 3. The Morgan fingerprint density at radius 1 is 1.03 bits per heavy atom. The largest absolute Gasteiger partial charge is 0.435 e. The first-order valence-corrected chi connectivity index (χ1v) is 9.81. The lowest BCUT2D eigenvalue weighted by Gasteiger charge is -2.29. The molecule has 0 aliphatic carbocycles. The number of rotatable bonds is 5. The van der Waals surface area contributed by atoms with Gasteiger partial charge in [0.1, 0.15) is 18.3 Å². The molecule has 0 saturated carbocycles. The highest BCUT2D eigenvalue weighted by atomic mass is 19.4. The van der Waals surface area contributed by atoms with E-state index in [-0.39, 0.29) is 23.4 Å². The van der Waals surface area contributed by atoms with Crippen LogP contribution in [-0.4, -0.2) is 31.0 Å². The van der Waals surface area contributed by atoms with Crippen molar-refractivity contribution in [2.45, 2.75) is 18.2 Å². The smallest absolute Gasteiger partial charge is 0.374 e. The summed E-state index contributed by atoms with van der Waals surface area (Å²) >= 11 is 0. The molecule has 1 N–H and O–H groups in total. The predicted molar refractivity (Wildman–Crippen MR) is 109 cm³/mol. The molecule has 4 nitrogen and oxygen atoms in total. The van der Waals surface area contributed by atoms with Gasteiger partial charge >= 0.3 is 6.18 Å². The Balaban J connectivity index is 1.78. The maximum Gasteiger partial charge on any atom is 0.435 e. The second kappa shape index (κ2) is 8.42. The summed E-state index contributed by atoms with van der Waals surface area (Å²) in [6, 6.07) is 10.8. The Bertz CT molecular complexity index is 1240. The first kappa shape index (κ1) is 22.6. The standard InChI is InChI=1S/C23H16F6N2O2/c24-7-8-30-21(32)19-6-5-18(16-3-1-2-4-17(16)19)20-12-22(33-31-20,23(27,28)29)13-9-14(25)11-15(26)10-13/h1-6,9-11H,7-8,12H2,(H,30,32). The molecule has 10 heteroatoms. The molecule has 0 aromatic heterocycles. The van der Waals surface area contributed by atoms with Crippen molar-refractivity contribution < 1.29 is 36.0 Å². The number of oxime groups is 1. The Morgan fingerprint density at radius 2 is 1.70 bits per heavy atom. The van der Waals surface area contributed by atoms with E-state index in [2.05, 4.69) is 10.5 Å². The van der Waals surface area contributed by atoms with Crippen molar-refractivity contribution in [2.24, 2.45) is 5.16 Å². The van der Waals surface area contributed by atoms with Crippen LogP contribution >= 0.6 is 0 Å². The molecule has 0 spiro atoms. The van der Waals surface area contributed by atoms with E-state index >= 15 is 0 Å². The van der Waals surface area contributed by atoms with Crippen molar-refractivity contribution in [3.05, 3.63) is 82.9 Å². The second-order valence-corrected chi connectivity index (χ2v) is 7.44. The molecule has 3 aromatic rings. The first-order valence-electron chi connectivity index (χ1n) is 9.81. The van der Waals surface area contributed by atoms with Crippen molar-refractivity contribution in [1.82, 2.24) is 5.32 Å². The molecule has 1 aliphatic heterocycles. The average molecular weight is 466 g/mol. The fourth-order valence-electron chi connectivity index (χ4n) is 3.84. The molecule has 4 rings (SSSR count). The van der Waals surface area contributed by atoms with Crippen LogP contribution in [0.3, 0.4) is 0 Å². The highest BCUT2D eigenvalue weighted by Crippen LogP contribution is 2.49. The molecule has 1 atom stereocenters. The summed E-state index contributed by atoms with van der Waals surface area (Å²) in [4.78, 5) is 17.2. The predicted octanol–water partition coefficient (Wildman–Crippen LogP) is 5.40. The van der Waals surface area contributed by atoms with Gasteiger partial charge < -0.3 is 10.2 Å². The zero-order chi connectivity index (χ0) is 23.8. The molecular weight excluding hydrogens is 450 g/mol. The Labute approximate surface area is 183 Å². The van der Waals surface area contributed by atoms with Gasteiger partial charge in [0.05, 0.1) is 5.71 Å². The number of fused-ring (bicyclic) bond motifs is 1. The topological polar surface area (TPSA) is 50.7 Å². The highest BCUT2D eigenvalue weighted by molar-refractivity contribution is 6.16. The Morgan fingerprint density at radius 3 is 2.33 bits per heavy atom. The van der Waals surface area contributed by atoms with E-state index in [1.807, 2.05) is 0 Å². The van der Waals surface area contributed by atoms with Crippen LogP contribution in [0, 0.1) is 11.6 Å². The van der Waals surface area contributed by atoms with Gasteiger partial charge in [0.25, 0.3) is 11.5 Å². The van der Waals surface area contributed by atoms with Crippen molar-refractivity contribution in [3.8, 4) is 0 Å². The number of carbonyl (C=O) groups is 1.